The fraction of sp³-hybridized carbons (Fsp3) is 0.0182. The van der Waals surface area contributed by atoms with Gasteiger partial charge in [0.25, 0.3) is 0 Å². The molecule has 6 heteroatoms. The summed E-state index contributed by atoms with van der Waals surface area (Å²) in [5.41, 5.74) is 11.9. The Morgan fingerprint density at radius 3 is 1.85 bits per heavy atom. The van der Waals surface area contributed by atoms with Crippen molar-refractivity contribution >= 4 is 88.3 Å². The van der Waals surface area contributed by atoms with Crippen molar-refractivity contribution in [2.75, 3.05) is 0 Å². The third kappa shape index (κ3) is 5.36. The average Bonchev–Trinajstić information content (AvgIpc) is 4.02. The van der Waals surface area contributed by atoms with Gasteiger partial charge in [0.15, 0.2) is 12.0 Å². The van der Waals surface area contributed by atoms with Gasteiger partial charge in [-0.15, -0.1) is 0 Å². The molecule has 0 saturated heterocycles. The predicted molar refractivity (Wildman–Crippen MR) is 248 cm³/mol. The molecule has 1 aliphatic heterocycles. The molecule has 61 heavy (non-hydrogen) atoms. The van der Waals surface area contributed by atoms with Crippen molar-refractivity contribution in [1.82, 2.24) is 5.32 Å². The lowest BCUT2D eigenvalue weighted by atomic mass is 9.93. The Kier molecular flexibility index (Phi) is 7.27. The summed E-state index contributed by atoms with van der Waals surface area (Å²) in [6.07, 6.45) is -0.534. The Morgan fingerprint density at radius 2 is 1.02 bits per heavy atom. The van der Waals surface area contributed by atoms with Gasteiger partial charge in [0, 0.05) is 49.0 Å². The van der Waals surface area contributed by atoms with E-state index in [1.54, 1.807) is 0 Å². The number of nitrogens with zero attached hydrogens (tertiary/aromatic N) is 2. The fourth-order valence-corrected chi connectivity index (χ4v) is 9.22. The number of para-hydroxylation sites is 4. The molecule has 1 unspecified atom stereocenters. The smallest absolute Gasteiger partial charge is 0.160 e. The summed E-state index contributed by atoms with van der Waals surface area (Å²) < 4.78 is 19.4. The van der Waals surface area contributed by atoms with E-state index in [4.69, 9.17) is 23.2 Å². The average molecular weight is 784 g/mol. The number of aliphatic imine (C=N–C) groups is 2. The second-order valence-corrected chi connectivity index (χ2v) is 15.7. The Morgan fingerprint density at radius 1 is 0.410 bits per heavy atom. The van der Waals surface area contributed by atoms with Crippen LogP contribution in [0, 0.1) is 0 Å². The van der Waals surface area contributed by atoms with E-state index in [9.17, 15) is 0 Å². The van der Waals surface area contributed by atoms with Crippen LogP contribution in [0.3, 0.4) is 0 Å². The van der Waals surface area contributed by atoms with Gasteiger partial charge in [-0.25, -0.2) is 9.98 Å². The minimum Gasteiger partial charge on any atom is -0.456 e. The summed E-state index contributed by atoms with van der Waals surface area (Å²) in [6.45, 7) is 0. The zero-order valence-electron chi connectivity index (χ0n) is 32.6. The molecular formula is C55H33N3O3. The molecule has 0 aliphatic carbocycles. The van der Waals surface area contributed by atoms with E-state index in [1.165, 1.54) is 10.8 Å². The summed E-state index contributed by atoms with van der Waals surface area (Å²) >= 11 is 0. The lowest BCUT2D eigenvalue weighted by Crippen LogP contribution is -2.33. The second kappa shape index (κ2) is 13.1. The van der Waals surface area contributed by atoms with Crippen molar-refractivity contribution in [3.05, 3.63) is 205 Å². The van der Waals surface area contributed by atoms with Crippen LogP contribution in [0.15, 0.2) is 211 Å². The molecule has 0 amide bonds. The van der Waals surface area contributed by atoms with Crippen molar-refractivity contribution in [2.45, 2.75) is 6.17 Å². The molecule has 1 N–H and O–H groups in total. The third-order valence-corrected chi connectivity index (χ3v) is 12.2. The molecule has 0 spiro atoms. The van der Waals surface area contributed by atoms with Crippen LogP contribution < -0.4 is 5.32 Å². The predicted octanol–water partition coefficient (Wildman–Crippen LogP) is 14.4. The number of rotatable bonds is 5. The molecule has 4 heterocycles. The number of benzene rings is 9. The third-order valence-electron chi connectivity index (χ3n) is 12.2. The maximum absolute atomic E-state index is 6.62. The second-order valence-electron chi connectivity index (χ2n) is 15.7. The lowest BCUT2D eigenvalue weighted by molar-refractivity contribution is 0.628. The Labute approximate surface area is 348 Å². The molecule has 1 atom stereocenters. The van der Waals surface area contributed by atoms with E-state index >= 15 is 0 Å². The SMILES string of the molecule is c1ccc2cc(-c3ccc(C4=NC(c5c(-c6ccc7oc8ccccc8c7c6)ccc6oc7ccccc7c56)=NC(c5cccc6c5oc5ccccc56)N4)cc3)ccc2c1. The number of hydrogen-bond acceptors (Lipinski definition) is 6. The first-order valence-corrected chi connectivity index (χ1v) is 20.5. The molecule has 286 valence electrons. The first-order chi connectivity index (χ1) is 30.2. The molecule has 0 radical (unpaired) electrons. The molecule has 12 aromatic rings. The van der Waals surface area contributed by atoms with E-state index in [1.807, 2.05) is 42.5 Å². The number of hydrogen-bond donors (Lipinski definition) is 1. The highest BCUT2D eigenvalue weighted by molar-refractivity contribution is 6.25. The summed E-state index contributed by atoms with van der Waals surface area (Å²) in [4.78, 5) is 11.0. The number of nitrogens with one attached hydrogen (secondary N) is 1. The van der Waals surface area contributed by atoms with E-state index < -0.39 is 6.17 Å². The molecular weight excluding hydrogens is 751 g/mol. The van der Waals surface area contributed by atoms with Crippen LogP contribution in [0.25, 0.3) is 98.8 Å². The van der Waals surface area contributed by atoms with Crippen molar-refractivity contribution in [2.24, 2.45) is 9.98 Å². The molecule has 0 fully saturated rings. The minimum absolute atomic E-state index is 0.534. The standard InChI is InChI=1S/C55H33N3O3/c1-2-11-35-30-36(25-22-32(35)10-1)33-20-23-34(24-21-33)53-56-54(43-16-9-15-41-39-12-3-7-18-46(39)61-52(41)43)58-55(57-53)51-38(27-29-49-50(51)42-14-5-8-19-47(42)60-49)37-26-28-48-44(31-37)40-13-4-6-17-45(40)59-48/h1-31,54H,(H,56,57,58). The van der Waals surface area contributed by atoms with Gasteiger partial charge in [-0.05, 0) is 81.6 Å². The zero-order valence-corrected chi connectivity index (χ0v) is 32.6. The van der Waals surface area contributed by atoms with Crippen LogP contribution in [0.5, 0.6) is 0 Å². The van der Waals surface area contributed by atoms with Crippen LogP contribution in [0.1, 0.15) is 22.9 Å². The van der Waals surface area contributed by atoms with Crippen molar-refractivity contribution in [3.8, 4) is 22.3 Å². The summed E-state index contributed by atoms with van der Waals surface area (Å²) in [6, 6.07) is 65.2. The van der Waals surface area contributed by atoms with Gasteiger partial charge in [-0.3, -0.25) is 0 Å². The van der Waals surface area contributed by atoms with Gasteiger partial charge in [0.05, 0.1) is 0 Å². The monoisotopic (exact) mass is 783 g/mol. The summed E-state index contributed by atoms with van der Waals surface area (Å²) in [7, 11) is 0. The molecule has 0 bridgehead atoms. The fourth-order valence-electron chi connectivity index (χ4n) is 9.22. The van der Waals surface area contributed by atoms with Crippen LogP contribution in [0.4, 0.5) is 0 Å². The van der Waals surface area contributed by atoms with Crippen molar-refractivity contribution in [1.29, 1.82) is 0 Å². The number of fused-ring (bicyclic) bond motifs is 10. The minimum atomic E-state index is -0.534. The highest BCUT2D eigenvalue weighted by Crippen LogP contribution is 2.42. The molecule has 1 aliphatic rings. The van der Waals surface area contributed by atoms with E-state index in [0.717, 1.165) is 105 Å². The summed E-state index contributed by atoms with van der Waals surface area (Å²) in [5.74, 6) is 1.30. The topological polar surface area (TPSA) is 76.2 Å². The number of amidine groups is 2. The van der Waals surface area contributed by atoms with Crippen LogP contribution in [0.2, 0.25) is 0 Å². The van der Waals surface area contributed by atoms with Crippen LogP contribution in [-0.4, -0.2) is 11.7 Å². The molecule has 0 saturated carbocycles. The lowest BCUT2D eigenvalue weighted by Gasteiger charge is -2.25. The van der Waals surface area contributed by atoms with Crippen LogP contribution >= 0.6 is 0 Å². The highest BCUT2D eigenvalue weighted by Gasteiger charge is 2.28. The van der Waals surface area contributed by atoms with Crippen LogP contribution in [-0.2, 0) is 0 Å². The van der Waals surface area contributed by atoms with Crippen molar-refractivity contribution in [3.63, 3.8) is 0 Å². The highest BCUT2D eigenvalue weighted by atomic mass is 16.3. The van der Waals surface area contributed by atoms with E-state index in [2.05, 4.69) is 151 Å². The van der Waals surface area contributed by atoms with Crippen molar-refractivity contribution < 1.29 is 13.3 Å². The number of furan rings is 3. The van der Waals surface area contributed by atoms with Gasteiger partial charge >= 0.3 is 0 Å². The van der Waals surface area contributed by atoms with Gasteiger partial charge in [0.2, 0.25) is 0 Å². The Bertz CT molecular complexity index is 3810. The first-order valence-electron chi connectivity index (χ1n) is 20.5. The maximum atomic E-state index is 6.62. The molecule has 9 aromatic carbocycles. The van der Waals surface area contributed by atoms with E-state index in [-0.39, 0.29) is 0 Å². The maximum Gasteiger partial charge on any atom is 0.160 e. The van der Waals surface area contributed by atoms with Gasteiger partial charge in [0.1, 0.15) is 39.3 Å². The Balaban J connectivity index is 1.04. The van der Waals surface area contributed by atoms with Gasteiger partial charge in [-0.1, -0.05) is 140 Å². The quantitative estimate of drug-likeness (QED) is 0.189. The molecule has 6 nitrogen and oxygen atoms in total. The molecule has 13 rings (SSSR count). The normalized spacial score (nSPS) is 14.4. The van der Waals surface area contributed by atoms with E-state index in [0.29, 0.717) is 11.7 Å². The first kappa shape index (κ1) is 33.7. The van der Waals surface area contributed by atoms with Gasteiger partial charge < -0.3 is 18.6 Å². The molecule has 3 aromatic heterocycles. The largest absolute Gasteiger partial charge is 0.456 e. The zero-order chi connectivity index (χ0) is 40.0. The summed E-state index contributed by atoms with van der Waals surface area (Å²) in [5, 5.41) is 12.4. The van der Waals surface area contributed by atoms with Gasteiger partial charge in [-0.2, -0.15) is 0 Å². The Hall–Kier alpha value is -8.22.